The number of amides is 1. The highest BCUT2D eigenvalue weighted by atomic mass is 35.5. The molecule has 2 aliphatic heterocycles. The van der Waals surface area contributed by atoms with Crippen LogP contribution in [0.25, 0.3) is 0 Å². The Kier molecular flexibility index (Phi) is 5.90. The maximum atomic E-state index is 12.5. The Balaban J connectivity index is 1.44. The molecule has 1 unspecified atom stereocenters. The van der Waals surface area contributed by atoms with Gasteiger partial charge >= 0.3 is 0 Å². The first-order chi connectivity index (χ1) is 11.5. The van der Waals surface area contributed by atoms with Gasteiger partial charge in [-0.3, -0.25) is 4.79 Å². The Morgan fingerprint density at radius 2 is 1.88 bits per heavy atom. The van der Waals surface area contributed by atoms with E-state index in [0.29, 0.717) is 40.1 Å². The number of benzene rings is 1. The summed E-state index contributed by atoms with van der Waals surface area (Å²) < 4.78 is 5.83. The van der Waals surface area contributed by atoms with Crippen molar-refractivity contribution in [3.05, 3.63) is 28.2 Å². The van der Waals surface area contributed by atoms with Gasteiger partial charge in [-0.2, -0.15) is 0 Å². The molecular formula is C18H24Cl2N2O2. The van der Waals surface area contributed by atoms with Crippen LogP contribution in [-0.2, 0) is 4.79 Å². The SMILES string of the molecule is CC(C(=O)N1CCC(COc2cc(Cl)cc(Cl)c2)CC1)C1CNC1. The number of carbonyl (C=O) groups is 1. The number of rotatable bonds is 5. The molecule has 132 valence electrons. The van der Waals surface area contributed by atoms with Crippen molar-refractivity contribution in [3.63, 3.8) is 0 Å². The molecule has 6 heteroatoms. The number of hydrogen-bond donors (Lipinski definition) is 1. The first-order valence-corrected chi connectivity index (χ1v) is 9.37. The monoisotopic (exact) mass is 370 g/mol. The van der Waals surface area contributed by atoms with E-state index in [1.807, 2.05) is 4.90 Å². The van der Waals surface area contributed by atoms with Crippen LogP contribution in [0.1, 0.15) is 19.8 Å². The van der Waals surface area contributed by atoms with E-state index < -0.39 is 0 Å². The summed E-state index contributed by atoms with van der Waals surface area (Å²) >= 11 is 12.0. The van der Waals surface area contributed by atoms with E-state index in [1.165, 1.54) is 0 Å². The van der Waals surface area contributed by atoms with Crippen molar-refractivity contribution in [2.45, 2.75) is 19.8 Å². The van der Waals surface area contributed by atoms with E-state index in [-0.39, 0.29) is 5.92 Å². The molecule has 0 bridgehead atoms. The van der Waals surface area contributed by atoms with Gasteiger partial charge in [0.15, 0.2) is 0 Å². The van der Waals surface area contributed by atoms with E-state index in [1.54, 1.807) is 18.2 Å². The number of nitrogens with one attached hydrogen (secondary N) is 1. The smallest absolute Gasteiger partial charge is 0.225 e. The van der Waals surface area contributed by atoms with Gasteiger partial charge in [-0.1, -0.05) is 30.1 Å². The molecule has 0 spiro atoms. The number of halogens is 2. The van der Waals surface area contributed by atoms with Crippen LogP contribution in [0.3, 0.4) is 0 Å². The molecule has 1 N–H and O–H groups in total. The Bertz CT molecular complexity index is 564. The number of ether oxygens (including phenoxy) is 1. The molecule has 1 aromatic rings. The number of likely N-dealkylation sites (tertiary alicyclic amines) is 1. The highest BCUT2D eigenvalue weighted by Gasteiger charge is 2.33. The van der Waals surface area contributed by atoms with Crippen LogP contribution >= 0.6 is 23.2 Å². The summed E-state index contributed by atoms with van der Waals surface area (Å²) in [6, 6.07) is 5.25. The molecule has 1 amide bonds. The number of piperidine rings is 1. The molecule has 3 rings (SSSR count). The highest BCUT2D eigenvalue weighted by molar-refractivity contribution is 6.34. The molecule has 0 aliphatic carbocycles. The minimum atomic E-state index is 0.132. The van der Waals surface area contributed by atoms with Crippen molar-refractivity contribution in [2.24, 2.45) is 17.8 Å². The second-order valence-corrected chi connectivity index (χ2v) is 7.76. The van der Waals surface area contributed by atoms with Crippen LogP contribution in [-0.4, -0.2) is 43.6 Å². The molecule has 0 saturated carbocycles. The van der Waals surface area contributed by atoms with E-state index in [0.717, 1.165) is 39.0 Å². The molecule has 0 radical (unpaired) electrons. The summed E-state index contributed by atoms with van der Waals surface area (Å²) in [5, 5.41) is 4.40. The van der Waals surface area contributed by atoms with Gasteiger partial charge in [-0.15, -0.1) is 0 Å². The minimum absolute atomic E-state index is 0.132. The van der Waals surface area contributed by atoms with Crippen LogP contribution in [0.5, 0.6) is 5.75 Å². The molecule has 1 atom stereocenters. The summed E-state index contributed by atoms with van der Waals surface area (Å²) in [7, 11) is 0. The third-order valence-corrected chi connectivity index (χ3v) is 5.59. The van der Waals surface area contributed by atoms with Crippen LogP contribution in [0.15, 0.2) is 18.2 Å². The lowest BCUT2D eigenvalue weighted by Crippen LogP contribution is -2.51. The second-order valence-electron chi connectivity index (χ2n) is 6.89. The Morgan fingerprint density at radius 3 is 2.42 bits per heavy atom. The molecule has 0 aromatic heterocycles. The molecule has 2 saturated heterocycles. The molecule has 2 aliphatic rings. The number of hydrogen-bond acceptors (Lipinski definition) is 3. The third-order valence-electron chi connectivity index (χ3n) is 5.16. The Labute approximate surface area is 153 Å². The fourth-order valence-corrected chi connectivity index (χ4v) is 3.81. The first kappa shape index (κ1) is 17.8. The highest BCUT2D eigenvalue weighted by Crippen LogP contribution is 2.27. The van der Waals surface area contributed by atoms with Crippen molar-refractivity contribution in [3.8, 4) is 5.75 Å². The van der Waals surface area contributed by atoms with Gasteiger partial charge in [0.1, 0.15) is 5.75 Å². The zero-order valence-electron chi connectivity index (χ0n) is 13.9. The summed E-state index contributed by atoms with van der Waals surface area (Å²) in [6.07, 6.45) is 1.96. The second kappa shape index (κ2) is 7.94. The molecule has 2 heterocycles. The number of carbonyl (C=O) groups excluding carboxylic acids is 1. The van der Waals surface area contributed by atoms with Crippen molar-refractivity contribution in [1.82, 2.24) is 10.2 Å². The Hall–Kier alpha value is -0.970. The largest absolute Gasteiger partial charge is 0.493 e. The minimum Gasteiger partial charge on any atom is -0.493 e. The fraction of sp³-hybridized carbons (Fsp3) is 0.611. The van der Waals surface area contributed by atoms with Crippen LogP contribution in [0.4, 0.5) is 0 Å². The van der Waals surface area contributed by atoms with E-state index in [4.69, 9.17) is 27.9 Å². The lowest BCUT2D eigenvalue weighted by atomic mass is 9.87. The van der Waals surface area contributed by atoms with Gasteiger partial charge in [0.05, 0.1) is 6.61 Å². The van der Waals surface area contributed by atoms with E-state index >= 15 is 0 Å². The predicted molar refractivity (Wildman–Crippen MR) is 96.8 cm³/mol. The third kappa shape index (κ3) is 4.35. The normalized spacial score (nSPS) is 20.5. The maximum absolute atomic E-state index is 12.5. The molecule has 24 heavy (non-hydrogen) atoms. The summed E-state index contributed by atoms with van der Waals surface area (Å²) in [6.45, 7) is 6.30. The molecule has 1 aromatic carbocycles. The van der Waals surface area contributed by atoms with Gasteiger partial charge in [0.2, 0.25) is 5.91 Å². The predicted octanol–water partition coefficient (Wildman–Crippen LogP) is 3.47. The van der Waals surface area contributed by atoms with Crippen LogP contribution in [0, 0.1) is 17.8 Å². The zero-order valence-corrected chi connectivity index (χ0v) is 15.4. The van der Waals surface area contributed by atoms with Gasteiger partial charge in [0.25, 0.3) is 0 Å². The van der Waals surface area contributed by atoms with Crippen molar-refractivity contribution in [1.29, 1.82) is 0 Å². The average Bonchev–Trinajstić information content (AvgIpc) is 2.50. The van der Waals surface area contributed by atoms with Crippen molar-refractivity contribution in [2.75, 3.05) is 32.8 Å². The maximum Gasteiger partial charge on any atom is 0.225 e. The standard InChI is InChI=1S/C18H24Cl2N2O2/c1-12(14-9-21-10-14)18(23)22-4-2-13(3-5-22)11-24-17-7-15(19)6-16(20)8-17/h6-8,12-14,21H,2-5,9-11H2,1H3. The zero-order chi connectivity index (χ0) is 17.1. The van der Waals surface area contributed by atoms with Gasteiger partial charge < -0.3 is 15.0 Å². The Morgan fingerprint density at radius 1 is 1.25 bits per heavy atom. The van der Waals surface area contributed by atoms with Gasteiger partial charge in [-0.25, -0.2) is 0 Å². The fourth-order valence-electron chi connectivity index (χ4n) is 3.30. The lowest BCUT2D eigenvalue weighted by Gasteiger charge is -2.38. The molecule has 4 nitrogen and oxygen atoms in total. The molecular weight excluding hydrogens is 347 g/mol. The van der Waals surface area contributed by atoms with Crippen molar-refractivity contribution >= 4 is 29.1 Å². The first-order valence-electron chi connectivity index (χ1n) is 8.61. The average molecular weight is 371 g/mol. The quantitative estimate of drug-likeness (QED) is 0.862. The van der Waals surface area contributed by atoms with Crippen LogP contribution < -0.4 is 10.1 Å². The molecule has 2 fully saturated rings. The van der Waals surface area contributed by atoms with Crippen molar-refractivity contribution < 1.29 is 9.53 Å². The summed E-state index contributed by atoms with van der Waals surface area (Å²) in [5.74, 6) is 2.12. The van der Waals surface area contributed by atoms with E-state index in [2.05, 4.69) is 12.2 Å². The van der Waals surface area contributed by atoms with Gasteiger partial charge in [-0.05, 0) is 56.0 Å². The van der Waals surface area contributed by atoms with E-state index in [9.17, 15) is 4.79 Å². The number of nitrogens with zero attached hydrogens (tertiary/aromatic N) is 1. The summed E-state index contributed by atoms with van der Waals surface area (Å²) in [4.78, 5) is 14.6. The topological polar surface area (TPSA) is 41.6 Å². The van der Waals surface area contributed by atoms with Crippen LogP contribution in [0.2, 0.25) is 10.0 Å². The van der Waals surface area contributed by atoms with Gasteiger partial charge in [0, 0.05) is 29.1 Å². The summed E-state index contributed by atoms with van der Waals surface area (Å²) in [5.41, 5.74) is 0. The lowest BCUT2D eigenvalue weighted by molar-refractivity contribution is -0.139.